The zero-order chi connectivity index (χ0) is 13.1. The van der Waals surface area contributed by atoms with Crippen LogP contribution in [0.3, 0.4) is 0 Å². The summed E-state index contributed by atoms with van der Waals surface area (Å²) in [6.07, 6.45) is 1.32. The van der Waals surface area contributed by atoms with E-state index in [2.05, 4.69) is 26.2 Å². The maximum atomic E-state index is 13.0. The molecule has 1 aromatic heterocycles. The van der Waals surface area contributed by atoms with Crippen LogP contribution in [0, 0.1) is 5.82 Å². The summed E-state index contributed by atoms with van der Waals surface area (Å²) in [4.78, 5) is 25.0. The Bertz CT molecular complexity index is 634. The summed E-state index contributed by atoms with van der Waals surface area (Å²) < 4.78 is 13.3. The van der Waals surface area contributed by atoms with E-state index in [0.29, 0.717) is 11.3 Å². The fraction of sp³-hybridized carbons (Fsp3) is 0. The summed E-state index contributed by atoms with van der Waals surface area (Å²) in [7, 11) is 0. The van der Waals surface area contributed by atoms with Crippen LogP contribution in [-0.2, 0) is 0 Å². The topological polar surface area (TPSA) is 62.0 Å². The van der Waals surface area contributed by atoms with Crippen molar-refractivity contribution in [1.82, 2.24) is 4.98 Å². The first-order valence-corrected chi connectivity index (χ1v) is 5.81. The van der Waals surface area contributed by atoms with Gasteiger partial charge in [-0.1, -0.05) is 0 Å². The van der Waals surface area contributed by atoms with Gasteiger partial charge in [-0.25, -0.2) is 4.39 Å². The van der Waals surface area contributed by atoms with Crippen molar-refractivity contribution in [1.29, 1.82) is 0 Å². The predicted molar refractivity (Wildman–Crippen MR) is 69.1 cm³/mol. The molecule has 1 aromatic carbocycles. The second-order valence-corrected chi connectivity index (χ2v) is 4.38. The highest BCUT2D eigenvalue weighted by Crippen LogP contribution is 2.20. The molecule has 2 aromatic rings. The van der Waals surface area contributed by atoms with Crippen molar-refractivity contribution in [2.24, 2.45) is 0 Å². The van der Waals surface area contributed by atoms with Crippen molar-refractivity contribution in [2.45, 2.75) is 0 Å². The third-order valence-corrected chi connectivity index (χ3v) is 2.83. The van der Waals surface area contributed by atoms with Crippen LogP contribution >= 0.6 is 15.9 Å². The molecule has 0 unspecified atom stereocenters. The van der Waals surface area contributed by atoms with E-state index >= 15 is 0 Å². The van der Waals surface area contributed by atoms with E-state index in [-0.39, 0.29) is 15.9 Å². The van der Waals surface area contributed by atoms with Crippen LogP contribution in [-0.4, -0.2) is 10.9 Å². The van der Waals surface area contributed by atoms with Gasteiger partial charge in [0.2, 0.25) is 5.56 Å². The van der Waals surface area contributed by atoms with Gasteiger partial charge in [-0.15, -0.1) is 0 Å². The maximum absolute atomic E-state index is 13.0. The molecule has 2 N–H and O–H groups in total. The zero-order valence-corrected chi connectivity index (χ0v) is 10.6. The van der Waals surface area contributed by atoms with Crippen LogP contribution in [0.15, 0.2) is 45.8 Å². The number of carbonyl (C=O) groups excluding carboxylic acids is 1. The molecule has 18 heavy (non-hydrogen) atoms. The van der Waals surface area contributed by atoms with E-state index < -0.39 is 5.82 Å². The average Bonchev–Trinajstić information content (AvgIpc) is 2.34. The van der Waals surface area contributed by atoms with Crippen molar-refractivity contribution in [3.8, 4) is 0 Å². The van der Waals surface area contributed by atoms with Gasteiger partial charge in [-0.05, 0) is 40.2 Å². The second kappa shape index (κ2) is 5.14. The molecule has 0 saturated heterocycles. The monoisotopic (exact) mass is 310 g/mol. The fourth-order valence-corrected chi connectivity index (χ4v) is 1.71. The lowest BCUT2D eigenvalue weighted by molar-refractivity contribution is 0.102. The number of benzene rings is 1. The van der Waals surface area contributed by atoms with Crippen molar-refractivity contribution in [3.63, 3.8) is 0 Å². The van der Waals surface area contributed by atoms with E-state index in [4.69, 9.17) is 0 Å². The smallest absolute Gasteiger partial charge is 0.257 e. The molecule has 0 aliphatic rings. The van der Waals surface area contributed by atoms with Gasteiger partial charge < -0.3 is 10.3 Å². The number of aromatic nitrogens is 1. The van der Waals surface area contributed by atoms with Gasteiger partial charge in [0.15, 0.2) is 0 Å². The van der Waals surface area contributed by atoms with Crippen LogP contribution < -0.4 is 10.9 Å². The Hall–Kier alpha value is -1.95. The number of hydrogen-bond donors (Lipinski definition) is 2. The van der Waals surface area contributed by atoms with Gasteiger partial charge in [0.25, 0.3) is 5.91 Å². The van der Waals surface area contributed by atoms with E-state index in [0.717, 1.165) is 0 Å². The molecule has 92 valence electrons. The van der Waals surface area contributed by atoms with Gasteiger partial charge >= 0.3 is 0 Å². The molecule has 1 heterocycles. The minimum Gasteiger partial charge on any atom is -0.328 e. The van der Waals surface area contributed by atoms with Crippen LogP contribution in [0.4, 0.5) is 10.1 Å². The number of rotatable bonds is 2. The van der Waals surface area contributed by atoms with Crippen LogP contribution in [0.25, 0.3) is 0 Å². The molecule has 0 aliphatic carbocycles. The Labute approximate surface area is 110 Å². The standard InChI is InChI=1S/C12H8BrFN2O2/c13-9-5-8(2-3-10(9)14)16-12(18)7-1-4-11(17)15-6-7/h1-6H,(H,15,17)(H,16,18). The highest BCUT2D eigenvalue weighted by atomic mass is 79.9. The lowest BCUT2D eigenvalue weighted by atomic mass is 10.2. The SMILES string of the molecule is O=C(Nc1ccc(F)c(Br)c1)c1ccc(=O)[nH]c1. The molecular weight excluding hydrogens is 303 g/mol. The first-order chi connectivity index (χ1) is 8.56. The summed E-state index contributed by atoms with van der Waals surface area (Å²) in [5.74, 6) is -0.790. The lowest BCUT2D eigenvalue weighted by Crippen LogP contribution is -2.14. The summed E-state index contributed by atoms with van der Waals surface area (Å²) in [6, 6.07) is 6.82. The number of amides is 1. The van der Waals surface area contributed by atoms with Gasteiger partial charge in [-0.2, -0.15) is 0 Å². The molecule has 1 amide bonds. The first kappa shape index (κ1) is 12.5. The van der Waals surface area contributed by atoms with Crippen molar-refractivity contribution >= 4 is 27.5 Å². The highest BCUT2D eigenvalue weighted by molar-refractivity contribution is 9.10. The van der Waals surface area contributed by atoms with Crippen LogP contribution in [0.2, 0.25) is 0 Å². The van der Waals surface area contributed by atoms with Gasteiger partial charge in [0.1, 0.15) is 5.82 Å². The molecule has 4 nitrogen and oxygen atoms in total. The molecule has 0 aliphatic heterocycles. The number of halogens is 2. The summed E-state index contributed by atoms with van der Waals surface area (Å²) in [5.41, 5.74) is 0.491. The second-order valence-electron chi connectivity index (χ2n) is 3.52. The number of pyridine rings is 1. The van der Waals surface area contributed by atoms with Gasteiger partial charge in [-0.3, -0.25) is 9.59 Å². The largest absolute Gasteiger partial charge is 0.328 e. The third-order valence-electron chi connectivity index (χ3n) is 2.22. The Morgan fingerprint density at radius 2 is 2.06 bits per heavy atom. The third kappa shape index (κ3) is 2.84. The molecule has 0 radical (unpaired) electrons. The quantitative estimate of drug-likeness (QED) is 0.895. The minimum absolute atomic E-state index is 0.266. The Balaban J connectivity index is 2.18. The highest BCUT2D eigenvalue weighted by Gasteiger charge is 2.07. The van der Waals surface area contributed by atoms with E-state index in [1.54, 1.807) is 0 Å². The summed E-state index contributed by atoms with van der Waals surface area (Å²) in [5, 5.41) is 2.59. The molecule has 6 heteroatoms. The van der Waals surface area contributed by atoms with Crippen molar-refractivity contribution in [2.75, 3.05) is 5.32 Å². The Kier molecular flexibility index (Phi) is 3.57. The van der Waals surface area contributed by atoms with E-state index in [9.17, 15) is 14.0 Å². The lowest BCUT2D eigenvalue weighted by Gasteiger charge is -2.05. The molecule has 0 spiro atoms. The molecular formula is C12H8BrFN2O2. The normalized spacial score (nSPS) is 10.1. The summed E-state index contributed by atoms with van der Waals surface area (Å²) >= 11 is 3.03. The molecule has 0 bridgehead atoms. The Morgan fingerprint density at radius 3 is 2.67 bits per heavy atom. The van der Waals surface area contributed by atoms with Crippen molar-refractivity contribution < 1.29 is 9.18 Å². The van der Waals surface area contributed by atoms with Crippen LogP contribution in [0.1, 0.15) is 10.4 Å². The van der Waals surface area contributed by atoms with Gasteiger partial charge in [0, 0.05) is 18.0 Å². The number of H-pyrrole nitrogens is 1. The van der Waals surface area contributed by atoms with E-state index in [1.807, 2.05) is 0 Å². The molecule has 0 fully saturated rings. The number of aromatic amines is 1. The first-order valence-electron chi connectivity index (χ1n) is 5.01. The molecule has 0 atom stereocenters. The number of nitrogens with one attached hydrogen (secondary N) is 2. The number of carbonyl (C=O) groups is 1. The predicted octanol–water partition coefficient (Wildman–Crippen LogP) is 2.53. The van der Waals surface area contributed by atoms with Crippen LogP contribution in [0.5, 0.6) is 0 Å². The number of hydrogen-bond acceptors (Lipinski definition) is 2. The van der Waals surface area contributed by atoms with E-state index in [1.165, 1.54) is 36.5 Å². The molecule has 2 rings (SSSR count). The summed E-state index contributed by atoms with van der Waals surface area (Å²) in [6.45, 7) is 0. The minimum atomic E-state index is -0.406. The van der Waals surface area contributed by atoms with Gasteiger partial charge in [0.05, 0.1) is 10.0 Å². The van der Waals surface area contributed by atoms with Crippen molar-refractivity contribution in [3.05, 3.63) is 62.7 Å². The zero-order valence-electron chi connectivity index (χ0n) is 9.04. The fourth-order valence-electron chi connectivity index (χ4n) is 1.33. The maximum Gasteiger partial charge on any atom is 0.257 e. The average molecular weight is 311 g/mol. The molecule has 0 saturated carbocycles. The number of anilines is 1. The Morgan fingerprint density at radius 1 is 1.28 bits per heavy atom.